The van der Waals surface area contributed by atoms with E-state index < -0.39 is 26.2 Å². The van der Waals surface area contributed by atoms with Crippen LogP contribution in [0.3, 0.4) is 0 Å². The lowest BCUT2D eigenvalue weighted by Crippen LogP contribution is -2.42. The second-order valence-electron chi connectivity index (χ2n) is 4.60. The molecule has 0 spiro atoms. The molecule has 10 heteroatoms. The average Bonchev–Trinajstić information content (AvgIpc) is 2.62. The maximum Gasteiger partial charge on any atom is 0.269 e. The van der Waals surface area contributed by atoms with E-state index in [-0.39, 0.29) is 22.3 Å². The van der Waals surface area contributed by atoms with Gasteiger partial charge < -0.3 is 10.6 Å². The van der Waals surface area contributed by atoms with Gasteiger partial charge in [0.2, 0.25) is 0 Å². The lowest BCUT2D eigenvalue weighted by Gasteiger charge is -2.17. The van der Waals surface area contributed by atoms with Crippen LogP contribution in [0, 0.1) is 10.1 Å². The molecule has 1 fully saturated rings. The normalized spacial score (nSPS) is 23.5. The first-order valence-corrected chi connectivity index (χ1v) is 8.60. The van der Waals surface area contributed by atoms with Gasteiger partial charge in [0.15, 0.2) is 14.9 Å². The molecule has 2 N–H and O–H groups in total. The van der Waals surface area contributed by atoms with Crippen molar-refractivity contribution >= 4 is 50.1 Å². The number of hydrogen-bond acceptors (Lipinski definition) is 5. The van der Waals surface area contributed by atoms with Gasteiger partial charge in [-0.1, -0.05) is 0 Å². The molecular weight excluding hydrogens is 338 g/mol. The third kappa shape index (κ3) is 4.26. The summed E-state index contributed by atoms with van der Waals surface area (Å²) in [5.41, 5.74) is 0.534. The zero-order valence-corrected chi connectivity index (χ0v) is 13.0. The number of nitrogens with one attached hydrogen (secondary N) is 2. The Hall–Kier alpha value is -1.45. The molecule has 21 heavy (non-hydrogen) atoms. The summed E-state index contributed by atoms with van der Waals surface area (Å²) >= 11 is 11.0. The first-order valence-electron chi connectivity index (χ1n) is 5.93. The minimum atomic E-state index is -3.14. The molecule has 7 nitrogen and oxygen atoms in total. The van der Waals surface area contributed by atoms with E-state index in [0.29, 0.717) is 5.69 Å². The fourth-order valence-corrected chi connectivity index (χ4v) is 4.76. The molecule has 0 radical (unpaired) electrons. The van der Waals surface area contributed by atoms with Gasteiger partial charge >= 0.3 is 0 Å². The van der Waals surface area contributed by atoms with Crippen LogP contribution in [0.5, 0.6) is 0 Å². The first kappa shape index (κ1) is 15.9. The summed E-state index contributed by atoms with van der Waals surface area (Å²) < 4.78 is 22.9. The van der Waals surface area contributed by atoms with Gasteiger partial charge in [-0.05, 0) is 24.4 Å². The monoisotopic (exact) mass is 349 g/mol. The number of rotatable bonds is 3. The van der Waals surface area contributed by atoms with Crippen molar-refractivity contribution in [2.75, 3.05) is 16.8 Å². The van der Waals surface area contributed by atoms with Crippen LogP contribution < -0.4 is 10.6 Å². The standard InChI is InChI=1S/C11H12ClN3O4S2/c12-9-5-21(18,19)6-10(9)14-11(20)13-7-1-3-8(4-2-7)15(16)17/h1-4,9-10H,5-6H2,(H2,13,14,20)/t9-,10-/m1/s1. The molecule has 1 heterocycles. The molecule has 0 saturated carbocycles. The summed E-state index contributed by atoms with van der Waals surface area (Å²) in [5, 5.41) is 15.9. The van der Waals surface area contributed by atoms with E-state index in [9.17, 15) is 18.5 Å². The molecule has 2 rings (SSSR count). The van der Waals surface area contributed by atoms with Gasteiger partial charge in [0, 0.05) is 17.8 Å². The van der Waals surface area contributed by atoms with E-state index in [4.69, 9.17) is 23.8 Å². The van der Waals surface area contributed by atoms with Crippen LogP contribution >= 0.6 is 23.8 Å². The molecular formula is C11H12ClN3O4S2. The van der Waals surface area contributed by atoms with Gasteiger partial charge in [-0.15, -0.1) is 11.6 Å². The molecule has 1 aliphatic rings. The summed E-state index contributed by atoms with van der Waals surface area (Å²) in [6.07, 6.45) is 0. The maximum absolute atomic E-state index is 11.4. The Morgan fingerprint density at radius 2 is 1.95 bits per heavy atom. The summed E-state index contributed by atoms with van der Waals surface area (Å²) in [5.74, 6) is -0.143. The SMILES string of the molecule is O=[N+]([O-])c1ccc(NC(=S)N[C@@H]2CS(=O)(=O)C[C@H]2Cl)cc1. The Labute approximate surface area is 131 Å². The minimum Gasteiger partial charge on any atom is -0.357 e. The van der Waals surface area contributed by atoms with Crippen molar-refractivity contribution in [3.8, 4) is 0 Å². The highest BCUT2D eigenvalue weighted by Gasteiger charge is 2.36. The number of hydrogen-bond donors (Lipinski definition) is 2. The number of nitro groups is 1. The largest absolute Gasteiger partial charge is 0.357 e. The maximum atomic E-state index is 11.4. The van der Waals surface area contributed by atoms with Gasteiger partial charge in [0.05, 0.1) is 27.8 Å². The number of nitrogens with zero attached hydrogens (tertiary/aromatic N) is 1. The van der Waals surface area contributed by atoms with Crippen molar-refractivity contribution in [1.82, 2.24) is 5.32 Å². The van der Waals surface area contributed by atoms with Crippen molar-refractivity contribution < 1.29 is 13.3 Å². The van der Waals surface area contributed by atoms with Crippen molar-refractivity contribution in [3.05, 3.63) is 34.4 Å². The highest BCUT2D eigenvalue weighted by Crippen LogP contribution is 2.19. The number of thiocarbonyl (C=S) groups is 1. The number of halogens is 1. The van der Waals surface area contributed by atoms with E-state index in [2.05, 4.69) is 10.6 Å². The van der Waals surface area contributed by atoms with Gasteiger partial charge in [0.25, 0.3) is 5.69 Å². The number of benzene rings is 1. The van der Waals surface area contributed by atoms with Crippen LogP contribution in [0.2, 0.25) is 0 Å². The molecule has 2 atom stereocenters. The van der Waals surface area contributed by atoms with Gasteiger partial charge in [-0.2, -0.15) is 0 Å². The van der Waals surface area contributed by atoms with Crippen LogP contribution in [-0.2, 0) is 9.84 Å². The van der Waals surface area contributed by atoms with Crippen LogP contribution in [0.25, 0.3) is 0 Å². The molecule has 0 aromatic heterocycles. The average molecular weight is 350 g/mol. The number of alkyl halides is 1. The van der Waals surface area contributed by atoms with Crippen LogP contribution in [-0.4, -0.2) is 41.4 Å². The highest BCUT2D eigenvalue weighted by molar-refractivity contribution is 7.91. The Bertz CT molecular complexity index is 663. The van der Waals surface area contributed by atoms with Crippen LogP contribution in [0.1, 0.15) is 0 Å². The predicted octanol–water partition coefficient (Wildman–Crippen LogP) is 1.29. The molecule has 1 aromatic rings. The van der Waals surface area contributed by atoms with E-state index >= 15 is 0 Å². The van der Waals surface area contributed by atoms with Crippen molar-refractivity contribution in [2.45, 2.75) is 11.4 Å². The lowest BCUT2D eigenvalue weighted by atomic mass is 10.2. The smallest absolute Gasteiger partial charge is 0.269 e. The topological polar surface area (TPSA) is 101 Å². The van der Waals surface area contributed by atoms with E-state index in [1.54, 1.807) is 0 Å². The minimum absolute atomic E-state index is 0.0258. The van der Waals surface area contributed by atoms with E-state index in [1.165, 1.54) is 24.3 Å². The molecule has 0 bridgehead atoms. The van der Waals surface area contributed by atoms with Gasteiger partial charge in [-0.3, -0.25) is 10.1 Å². The Kier molecular flexibility index (Phi) is 4.64. The van der Waals surface area contributed by atoms with Crippen molar-refractivity contribution in [1.29, 1.82) is 0 Å². The van der Waals surface area contributed by atoms with Crippen LogP contribution in [0.4, 0.5) is 11.4 Å². The summed E-state index contributed by atoms with van der Waals surface area (Å²) in [7, 11) is -3.14. The molecule has 1 aromatic carbocycles. The fourth-order valence-electron chi connectivity index (χ4n) is 1.94. The molecule has 1 aliphatic heterocycles. The summed E-state index contributed by atoms with van der Waals surface area (Å²) in [6.45, 7) is 0. The first-order chi connectivity index (χ1) is 9.77. The highest BCUT2D eigenvalue weighted by atomic mass is 35.5. The second kappa shape index (κ2) is 6.12. The van der Waals surface area contributed by atoms with Gasteiger partial charge in [-0.25, -0.2) is 8.42 Å². The van der Waals surface area contributed by atoms with Crippen LogP contribution in [0.15, 0.2) is 24.3 Å². The lowest BCUT2D eigenvalue weighted by molar-refractivity contribution is -0.384. The number of nitro benzene ring substituents is 1. The zero-order valence-electron chi connectivity index (χ0n) is 10.7. The molecule has 114 valence electrons. The predicted molar refractivity (Wildman–Crippen MR) is 84.5 cm³/mol. The quantitative estimate of drug-likeness (QED) is 0.367. The van der Waals surface area contributed by atoms with E-state index in [1.807, 2.05) is 0 Å². The zero-order chi connectivity index (χ0) is 15.6. The Morgan fingerprint density at radius 3 is 2.43 bits per heavy atom. The van der Waals surface area contributed by atoms with Gasteiger partial charge in [0.1, 0.15) is 0 Å². The fraction of sp³-hybridized carbons (Fsp3) is 0.364. The van der Waals surface area contributed by atoms with E-state index in [0.717, 1.165) is 0 Å². The molecule has 0 amide bonds. The summed E-state index contributed by atoms with van der Waals surface area (Å²) in [6, 6.07) is 5.26. The third-order valence-corrected chi connectivity index (χ3v) is 5.53. The molecule has 0 unspecified atom stereocenters. The number of non-ortho nitro benzene ring substituents is 1. The van der Waals surface area contributed by atoms with Crippen molar-refractivity contribution in [2.24, 2.45) is 0 Å². The summed E-state index contributed by atoms with van der Waals surface area (Å²) in [4.78, 5) is 10.0. The Morgan fingerprint density at radius 1 is 1.33 bits per heavy atom. The Balaban J connectivity index is 1.94. The number of sulfone groups is 1. The second-order valence-corrected chi connectivity index (χ2v) is 7.72. The van der Waals surface area contributed by atoms with Crippen molar-refractivity contribution in [3.63, 3.8) is 0 Å². The molecule has 1 saturated heterocycles. The number of anilines is 1. The third-order valence-electron chi connectivity index (χ3n) is 2.94. The molecule has 0 aliphatic carbocycles.